The van der Waals surface area contributed by atoms with Crippen LogP contribution in [0.2, 0.25) is 0 Å². The molecule has 3 rings (SSSR count). The van der Waals surface area contributed by atoms with Crippen molar-refractivity contribution < 1.29 is 38.9 Å². The average Bonchev–Trinajstić information content (AvgIpc) is 3.24. The van der Waals surface area contributed by atoms with Gasteiger partial charge in [0.1, 0.15) is 18.1 Å². The summed E-state index contributed by atoms with van der Waals surface area (Å²) >= 11 is 0. The molecule has 1 aliphatic heterocycles. The van der Waals surface area contributed by atoms with Crippen molar-refractivity contribution in [1.82, 2.24) is 20.9 Å². The van der Waals surface area contributed by atoms with E-state index in [1.165, 1.54) is 17.1 Å². The van der Waals surface area contributed by atoms with Crippen LogP contribution in [0.4, 0.5) is 10.5 Å². The summed E-state index contributed by atoms with van der Waals surface area (Å²) in [5, 5.41) is 19.4. The topological polar surface area (TPSA) is 209 Å². The summed E-state index contributed by atoms with van der Waals surface area (Å²) in [4.78, 5) is 79.2. The molecule has 228 valence electrons. The fraction of sp³-hybridized carbons (Fsp3) is 0.500. The lowest BCUT2D eigenvalue weighted by atomic mass is 9.67. The number of nitrogens with two attached hydrogens (primary N) is 1. The first kappa shape index (κ1) is 32.2. The van der Waals surface area contributed by atoms with Crippen molar-refractivity contribution in [3.05, 3.63) is 42.0 Å². The highest BCUT2D eigenvalue weighted by atomic mass is 17.1. The van der Waals surface area contributed by atoms with Crippen LogP contribution in [0.3, 0.4) is 0 Å². The molecule has 1 aliphatic carbocycles. The van der Waals surface area contributed by atoms with Crippen LogP contribution in [-0.4, -0.2) is 71.4 Å². The first-order valence-electron chi connectivity index (χ1n) is 14.0. The van der Waals surface area contributed by atoms with Gasteiger partial charge in [0.05, 0.1) is 0 Å². The summed E-state index contributed by atoms with van der Waals surface area (Å²) in [5.74, 6) is -2.09. The molecule has 7 N–H and O–H groups in total. The van der Waals surface area contributed by atoms with Gasteiger partial charge in [-0.1, -0.05) is 18.6 Å². The highest BCUT2D eigenvalue weighted by Crippen LogP contribution is 2.41. The molecule has 1 aromatic rings. The van der Waals surface area contributed by atoms with Gasteiger partial charge in [0.25, 0.3) is 11.8 Å². The van der Waals surface area contributed by atoms with Gasteiger partial charge in [-0.3, -0.25) is 34.1 Å². The third-order valence-electron chi connectivity index (χ3n) is 7.36. The van der Waals surface area contributed by atoms with Crippen LogP contribution in [0, 0.1) is 5.41 Å². The number of nitrogens with one attached hydrogen (secondary N) is 4. The number of anilines is 1. The van der Waals surface area contributed by atoms with Crippen molar-refractivity contribution in [2.75, 3.05) is 25.0 Å². The number of unbranched alkanes of at least 4 members (excludes halogenated alkanes) is 2. The minimum atomic E-state index is -1.28. The van der Waals surface area contributed by atoms with E-state index in [1.807, 2.05) is 0 Å². The zero-order valence-corrected chi connectivity index (χ0v) is 23.4. The summed E-state index contributed by atoms with van der Waals surface area (Å²) in [6.45, 7) is 0.827. The summed E-state index contributed by atoms with van der Waals surface area (Å²) in [7, 11) is 0. The Labute approximate surface area is 243 Å². The van der Waals surface area contributed by atoms with Gasteiger partial charge in [-0.05, 0) is 62.6 Å². The van der Waals surface area contributed by atoms with Crippen molar-refractivity contribution in [2.45, 2.75) is 64.0 Å². The van der Waals surface area contributed by atoms with Crippen LogP contribution >= 0.6 is 0 Å². The van der Waals surface area contributed by atoms with Crippen LogP contribution in [0.25, 0.3) is 0 Å². The second-order valence-electron chi connectivity index (χ2n) is 10.3. The number of amides is 7. The molecule has 14 nitrogen and oxygen atoms in total. The van der Waals surface area contributed by atoms with Gasteiger partial charge in [0, 0.05) is 37.5 Å². The Bertz CT molecular complexity index is 1160. The summed E-state index contributed by atoms with van der Waals surface area (Å²) in [6.07, 6.45) is 6.28. The van der Waals surface area contributed by atoms with Crippen molar-refractivity contribution in [2.24, 2.45) is 11.1 Å². The smallest absolute Gasteiger partial charge is 0.312 e. The fourth-order valence-electron chi connectivity index (χ4n) is 4.75. The predicted molar refractivity (Wildman–Crippen MR) is 150 cm³/mol. The molecule has 0 saturated heterocycles. The third-order valence-corrected chi connectivity index (χ3v) is 7.36. The number of carbonyl (C=O) groups excluding carboxylic acids is 6. The molecule has 0 aromatic heterocycles. The Morgan fingerprint density at radius 3 is 2.19 bits per heavy atom. The first-order chi connectivity index (χ1) is 20.2. The largest absolute Gasteiger partial charge is 0.355 e. The summed E-state index contributed by atoms with van der Waals surface area (Å²) in [6, 6.07) is 4.88. The molecule has 2 aliphatic rings. The molecule has 1 atom stereocenters. The van der Waals surface area contributed by atoms with Crippen LogP contribution in [-0.2, 0) is 35.5 Å². The Morgan fingerprint density at radius 2 is 1.60 bits per heavy atom. The van der Waals surface area contributed by atoms with Crippen LogP contribution in [0.5, 0.6) is 0 Å². The second kappa shape index (κ2) is 15.6. The molecule has 1 fully saturated rings. The maximum Gasteiger partial charge on any atom is 0.312 e. The lowest BCUT2D eigenvalue weighted by Gasteiger charge is -2.39. The number of primary amides is 1. The van der Waals surface area contributed by atoms with E-state index in [0.717, 1.165) is 0 Å². The Morgan fingerprint density at radius 1 is 0.929 bits per heavy atom. The van der Waals surface area contributed by atoms with E-state index in [0.29, 0.717) is 69.3 Å². The maximum atomic E-state index is 13.4. The first-order valence-corrected chi connectivity index (χ1v) is 14.0. The van der Waals surface area contributed by atoms with E-state index in [2.05, 4.69) is 26.2 Å². The summed E-state index contributed by atoms with van der Waals surface area (Å²) < 4.78 is 0. The molecule has 0 spiro atoms. The van der Waals surface area contributed by atoms with Gasteiger partial charge in [-0.2, -0.15) is 0 Å². The lowest BCUT2D eigenvalue weighted by molar-refractivity contribution is -0.253. The number of benzene rings is 1. The second-order valence-corrected chi connectivity index (χ2v) is 10.3. The van der Waals surface area contributed by atoms with E-state index in [4.69, 9.17) is 11.0 Å². The number of urea groups is 1. The monoisotopic (exact) mass is 586 g/mol. The number of carbonyl (C=O) groups is 6. The van der Waals surface area contributed by atoms with Crippen molar-refractivity contribution in [3.8, 4) is 0 Å². The zero-order valence-electron chi connectivity index (χ0n) is 23.4. The van der Waals surface area contributed by atoms with E-state index in [1.54, 1.807) is 24.3 Å². The van der Waals surface area contributed by atoms with Gasteiger partial charge in [0.15, 0.2) is 0 Å². The van der Waals surface area contributed by atoms with Gasteiger partial charge in [-0.15, -0.1) is 0 Å². The van der Waals surface area contributed by atoms with Crippen molar-refractivity contribution >= 4 is 41.3 Å². The number of nitrogens with zero attached hydrogens (tertiary/aromatic N) is 1. The number of imide groups is 1. The van der Waals surface area contributed by atoms with Crippen molar-refractivity contribution in [3.63, 3.8) is 0 Å². The van der Waals surface area contributed by atoms with Crippen LogP contribution < -0.4 is 27.0 Å². The highest BCUT2D eigenvalue weighted by molar-refractivity contribution is 6.12. The molecular weight excluding hydrogens is 548 g/mol. The van der Waals surface area contributed by atoms with E-state index in [-0.39, 0.29) is 31.4 Å². The minimum absolute atomic E-state index is 0.0117. The summed E-state index contributed by atoms with van der Waals surface area (Å²) in [5.41, 5.74) is 4.97. The number of hydrogen-bond acceptors (Lipinski definition) is 8. The zero-order chi connectivity index (χ0) is 30.5. The predicted octanol–water partition coefficient (Wildman–Crippen LogP) is 0.930. The van der Waals surface area contributed by atoms with Crippen molar-refractivity contribution in [1.29, 1.82) is 0 Å². The molecular formula is C28H38N6O8. The Kier molecular flexibility index (Phi) is 12.0. The average molecular weight is 587 g/mol. The van der Waals surface area contributed by atoms with E-state index in [9.17, 15) is 28.8 Å². The van der Waals surface area contributed by atoms with Gasteiger partial charge in [-0.25, -0.2) is 9.68 Å². The van der Waals surface area contributed by atoms with Gasteiger partial charge in [0.2, 0.25) is 17.7 Å². The quantitative estimate of drug-likeness (QED) is 0.0507. The van der Waals surface area contributed by atoms with E-state index < -0.39 is 35.2 Å². The van der Waals surface area contributed by atoms with Gasteiger partial charge >= 0.3 is 6.03 Å². The molecule has 1 heterocycles. The molecule has 1 saturated carbocycles. The van der Waals surface area contributed by atoms with Crippen LogP contribution in [0.15, 0.2) is 36.4 Å². The molecule has 1 aromatic carbocycles. The van der Waals surface area contributed by atoms with E-state index >= 15 is 0 Å². The molecule has 14 heteroatoms. The Balaban J connectivity index is 1.53. The van der Waals surface area contributed by atoms with Crippen LogP contribution in [0.1, 0.15) is 56.9 Å². The fourth-order valence-corrected chi connectivity index (χ4v) is 4.75. The minimum Gasteiger partial charge on any atom is -0.355 e. The Hall–Kier alpha value is -4.30. The molecule has 0 unspecified atom stereocenters. The lowest BCUT2D eigenvalue weighted by Crippen LogP contribution is -2.58. The molecule has 42 heavy (non-hydrogen) atoms. The molecule has 0 bridgehead atoms. The van der Waals surface area contributed by atoms with Gasteiger partial charge < -0.3 is 27.0 Å². The highest BCUT2D eigenvalue weighted by Gasteiger charge is 2.51. The third kappa shape index (κ3) is 8.85. The standard InChI is InChI=1S/C28H38N6O8/c29-27(40)31-16-4-6-21(24(37)32-20-9-7-19(8-10-20)18-42-41)33-26(39)28(13-5-14-28)25(38)30-15-2-1-3-17-34-22(35)11-12-23(34)36/h7-12,21,41H,1-6,13-18H2,(H,30,38)(H,32,37)(H,33,39)(H3,29,31,40)/t21-/m0/s1. The maximum absolute atomic E-state index is 13.4. The molecule has 0 radical (unpaired) electrons. The number of rotatable bonds is 17. The normalized spacial score (nSPS) is 16.0. The molecule has 7 amide bonds. The number of hydrogen-bond donors (Lipinski definition) is 6. The SMILES string of the molecule is NC(=O)NCCC[C@H](NC(=O)C1(C(=O)NCCCCCN2C(=O)C=CC2=O)CCC1)C(=O)Nc1ccc(COO)cc1.